The maximum atomic E-state index is 8.97. The minimum Gasteiger partial charge on any atom is -0.313 e. The third-order valence-corrected chi connectivity index (χ3v) is 4.13. The molecule has 21 heavy (non-hydrogen) atoms. The molecule has 0 aromatic heterocycles. The highest BCUT2D eigenvalue weighted by molar-refractivity contribution is 5.37. The Morgan fingerprint density at radius 2 is 2.24 bits per heavy atom. The van der Waals surface area contributed by atoms with Gasteiger partial charge in [-0.05, 0) is 55.5 Å². The summed E-state index contributed by atoms with van der Waals surface area (Å²) in [6.07, 6.45) is 2.59. The lowest BCUT2D eigenvalue weighted by Crippen LogP contribution is -2.39. The number of nitrogens with zero attached hydrogens (tertiary/aromatic N) is 2. The van der Waals surface area contributed by atoms with Crippen molar-refractivity contribution in [3.05, 3.63) is 34.9 Å². The molecule has 1 N–H and O–H groups in total. The first kappa shape index (κ1) is 16.0. The number of aryl methyl sites for hydroxylation is 1. The highest BCUT2D eigenvalue weighted by Crippen LogP contribution is 2.16. The van der Waals surface area contributed by atoms with E-state index in [9.17, 15) is 0 Å². The molecule has 1 aromatic rings. The lowest BCUT2D eigenvalue weighted by molar-refractivity contribution is 0.216. The lowest BCUT2D eigenvalue weighted by atomic mass is 10.0. The van der Waals surface area contributed by atoms with E-state index in [1.807, 2.05) is 12.1 Å². The van der Waals surface area contributed by atoms with Gasteiger partial charge in [0.2, 0.25) is 0 Å². The molecule has 1 fully saturated rings. The van der Waals surface area contributed by atoms with Crippen molar-refractivity contribution < 1.29 is 0 Å². The zero-order chi connectivity index (χ0) is 15.2. The van der Waals surface area contributed by atoms with Crippen LogP contribution in [0.1, 0.15) is 43.4 Å². The van der Waals surface area contributed by atoms with Gasteiger partial charge in [0, 0.05) is 25.7 Å². The normalized spacial score (nSPS) is 18.4. The van der Waals surface area contributed by atoms with E-state index >= 15 is 0 Å². The number of hydrogen-bond acceptors (Lipinski definition) is 3. The summed E-state index contributed by atoms with van der Waals surface area (Å²) in [7, 11) is 0. The van der Waals surface area contributed by atoms with Crippen molar-refractivity contribution >= 4 is 0 Å². The molecule has 3 nitrogen and oxygen atoms in total. The molecule has 1 aliphatic heterocycles. The highest BCUT2D eigenvalue weighted by Gasteiger charge is 2.19. The van der Waals surface area contributed by atoms with E-state index in [0.717, 1.165) is 31.7 Å². The lowest BCUT2D eigenvalue weighted by Gasteiger charge is -2.28. The minimum atomic E-state index is 0.641. The molecule has 3 heteroatoms. The van der Waals surface area contributed by atoms with Gasteiger partial charge < -0.3 is 5.32 Å². The largest absolute Gasteiger partial charge is 0.313 e. The van der Waals surface area contributed by atoms with E-state index in [-0.39, 0.29) is 0 Å². The molecule has 0 aliphatic carbocycles. The van der Waals surface area contributed by atoms with Crippen molar-refractivity contribution in [1.82, 2.24) is 10.2 Å². The molecule has 0 radical (unpaired) electrons. The number of hydrogen-bond donors (Lipinski definition) is 1. The Morgan fingerprint density at radius 1 is 1.43 bits per heavy atom. The van der Waals surface area contributed by atoms with Crippen LogP contribution < -0.4 is 5.32 Å². The summed E-state index contributed by atoms with van der Waals surface area (Å²) in [5, 5.41) is 12.6. The van der Waals surface area contributed by atoms with Crippen molar-refractivity contribution in [3.63, 3.8) is 0 Å². The Balaban J connectivity index is 2.04. The van der Waals surface area contributed by atoms with Gasteiger partial charge in [0.25, 0.3) is 0 Å². The molecule has 1 aliphatic rings. The van der Waals surface area contributed by atoms with Gasteiger partial charge in [-0.15, -0.1) is 0 Å². The quantitative estimate of drug-likeness (QED) is 0.873. The summed E-state index contributed by atoms with van der Waals surface area (Å²) in [6, 6.07) is 8.90. The van der Waals surface area contributed by atoms with Crippen LogP contribution in [0.2, 0.25) is 0 Å². The van der Waals surface area contributed by atoms with Crippen LogP contribution in [-0.2, 0) is 6.54 Å². The van der Waals surface area contributed by atoms with Crippen LogP contribution in [0, 0.1) is 24.2 Å². The number of nitriles is 1. The molecule has 114 valence electrons. The van der Waals surface area contributed by atoms with Crippen molar-refractivity contribution in [2.75, 3.05) is 19.6 Å². The molecule has 1 heterocycles. The van der Waals surface area contributed by atoms with Crippen LogP contribution in [0.4, 0.5) is 0 Å². The Kier molecular flexibility index (Phi) is 5.78. The summed E-state index contributed by atoms with van der Waals surface area (Å²) in [5.74, 6) is 0.671. The zero-order valence-corrected chi connectivity index (χ0v) is 13.5. The molecule has 2 rings (SSSR count). The topological polar surface area (TPSA) is 39.1 Å². The maximum absolute atomic E-state index is 8.97. The molecule has 1 aromatic carbocycles. The predicted octanol–water partition coefficient (Wildman–Crippen LogP) is 3.08. The van der Waals surface area contributed by atoms with Crippen molar-refractivity contribution in [3.8, 4) is 6.07 Å². The van der Waals surface area contributed by atoms with E-state index in [1.165, 1.54) is 24.0 Å². The Morgan fingerprint density at radius 3 is 2.81 bits per heavy atom. The van der Waals surface area contributed by atoms with Gasteiger partial charge >= 0.3 is 0 Å². The first-order chi connectivity index (χ1) is 10.1. The van der Waals surface area contributed by atoms with Crippen LogP contribution in [-0.4, -0.2) is 30.6 Å². The van der Waals surface area contributed by atoms with Crippen molar-refractivity contribution in [1.29, 1.82) is 5.26 Å². The zero-order valence-electron chi connectivity index (χ0n) is 13.5. The summed E-state index contributed by atoms with van der Waals surface area (Å²) >= 11 is 0. The van der Waals surface area contributed by atoms with Crippen molar-refractivity contribution in [2.24, 2.45) is 5.92 Å². The SMILES string of the molecule is Cc1cc(C#N)ccc1CN(CC(C)C)CC1CCCN1. The van der Waals surface area contributed by atoms with E-state index in [4.69, 9.17) is 5.26 Å². The summed E-state index contributed by atoms with van der Waals surface area (Å²) in [4.78, 5) is 2.56. The first-order valence-electron chi connectivity index (χ1n) is 8.04. The molecule has 1 unspecified atom stereocenters. The molecule has 0 saturated carbocycles. The molecule has 0 amide bonds. The average Bonchev–Trinajstić information content (AvgIpc) is 2.93. The molecular formula is C18H27N3. The Bertz CT molecular complexity index is 496. The minimum absolute atomic E-state index is 0.641. The molecule has 1 atom stereocenters. The number of rotatable bonds is 6. The first-order valence-corrected chi connectivity index (χ1v) is 8.04. The van der Waals surface area contributed by atoms with Crippen LogP contribution in [0.25, 0.3) is 0 Å². The van der Waals surface area contributed by atoms with Crippen LogP contribution in [0.15, 0.2) is 18.2 Å². The van der Waals surface area contributed by atoms with Gasteiger partial charge in [-0.3, -0.25) is 4.90 Å². The van der Waals surface area contributed by atoms with E-state index in [2.05, 4.69) is 43.1 Å². The molecule has 0 spiro atoms. The van der Waals surface area contributed by atoms with Gasteiger partial charge in [-0.1, -0.05) is 19.9 Å². The molecule has 0 bridgehead atoms. The second kappa shape index (κ2) is 7.59. The Hall–Kier alpha value is -1.37. The smallest absolute Gasteiger partial charge is 0.0991 e. The van der Waals surface area contributed by atoms with Gasteiger partial charge in [0.05, 0.1) is 11.6 Å². The third kappa shape index (κ3) is 4.84. The van der Waals surface area contributed by atoms with E-state index < -0.39 is 0 Å². The second-order valence-corrected chi connectivity index (χ2v) is 6.63. The maximum Gasteiger partial charge on any atom is 0.0991 e. The number of nitrogens with one attached hydrogen (secondary N) is 1. The van der Waals surface area contributed by atoms with E-state index in [1.54, 1.807) is 0 Å². The van der Waals surface area contributed by atoms with Crippen molar-refractivity contribution in [2.45, 2.75) is 46.2 Å². The summed E-state index contributed by atoms with van der Waals surface area (Å²) < 4.78 is 0. The van der Waals surface area contributed by atoms with E-state index in [0.29, 0.717) is 12.0 Å². The second-order valence-electron chi connectivity index (χ2n) is 6.63. The summed E-state index contributed by atoms with van der Waals surface area (Å²) in [6.45, 7) is 11.1. The highest BCUT2D eigenvalue weighted by atomic mass is 15.2. The third-order valence-electron chi connectivity index (χ3n) is 4.13. The summed E-state index contributed by atoms with van der Waals surface area (Å²) in [5.41, 5.74) is 3.32. The monoisotopic (exact) mass is 285 g/mol. The molecule has 1 saturated heterocycles. The fourth-order valence-electron chi connectivity index (χ4n) is 3.13. The predicted molar refractivity (Wildman–Crippen MR) is 87.0 cm³/mol. The van der Waals surface area contributed by atoms with Gasteiger partial charge in [0.15, 0.2) is 0 Å². The fraction of sp³-hybridized carbons (Fsp3) is 0.611. The van der Waals surface area contributed by atoms with Gasteiger partial charge in [0.1, 0.15) is 0 Å². The van der Waals surface area contributed by atoms with Crippen LogP contribution in [0.5, 0.6) is 0 Å². The molecular weight excluding hydrogens is 258 g/mol. The van der Waals surface area contributed by atoms with Gasteiger partial charge in [-0.2, -0.15) is 5.26 Å². The standard InChI is InChI=1S/C18H27N3/c1-14(2)11-21(13-18-5-4-8-20-18)12-17-7-6-16(10-19)9-15(17)3/h6-7,9,14,18,20H,4-5,8,11-13H2,1-3H3. The fourth-order valence-corrected chi connectivity index (χ4v) is 3.13. The van der Waals surface area contributed by atoms with Gasteiger partial charge in [-0.25, -0.2) is 0 Å². The number of benzene rings is 1. The Labute approximate surface area is 129 Å². The van der Waals surface area contributed by atoms with Crippen LogP contribution >= 0.6 is 0 Å². The van der Waals surface area contributed by atoms with Crippen LogP contribution in [0.3, 0.4) is 0 Å². The average molecular weight is 285 g/mol.